The van der Waals surface area contributed by atoms with Crippen molar-refractivity contribution in [2.45, 2.75) is 32.4 Å². The first kappa shape index (κ1) is 15.9. The van der Waals surface area contributed by atoms with Crippen LogP contribution in [0.5, 0.6) is 0 Å². The van der Waals surface area contributed by atoms with E-state index in [1.165, 1.54) is 12.1 Å². The van der Waals surface area contributed by atoms with Gasteiger partial charge in [0.1, 0.15) is 23.6 Å². The summed E-state index contributed by atoms with van der Waals surface area (Å²) in [6, 6.07) is 8.23. The first-order chi connectivity index (χ1) is 12.2. The van der Waals surface area contributed by atoms with Crippen LogP contribution in [0, 0.1) is 12.7 Å². The average Bonchev–Trinajstić information content (AvgIpc) is 3.08. The molecule has 128 valence electrons. The van der Waals surface area contributed by atoms with Gasteiger partial charge in [-0.05, 0) is 56.5 Å². The lowest BCUT2D eigenvalue weighted by Crippen LogP contribution is -2.18. The lowest BCUT2D eigenvalue weighted by atomic mass is 10.1. The number of halogens is 1. The maximum atomic E-state index is 13.3. The highest BCUT2D eigenvalue weighted by Crippen LogP contribution is 2.33. The van der Waals surface area contributed by atoms with E-state index in [-0.39, 0.29) is 12.0 Å². The zero-order valence-electron chi connectivity index (χ0n) is 14.0. The van der Waals surface area contributed by atoms with Gasteiger partial charge in [0, 0.05) is 30.1 Å². The number of hydrogen-bond donors (Lipinski definition) is 0. The fraction of sp³-hybridized carbons (Fsp3) is 0.316. The Morgan fingerprint density at radius 3 is 2.72 bits per heavy atom. The Bertz CT molecular complexity index is 869. The SMILES string of the molecule is Cc1nccc(-c2cn(C3CCCCO3)nc2-c2ccc(F)cc2)n1. The van der Waals surface area contributed by atoms with Crippen LogP contribution in [-0.2, 0) is 4.74 Å². The summed E-state index contributed by atoms with van der Waals surface area (Å²) in [5.41, 5.74) is 3.31. The standard InChI is InChI=1S/C19H19FN4O/c1-13-21-10-9-17(22-13)16-12-24(18-4-2-3-11-25-18)23-19(16)14-5-7-15(20)8-6-14/h5-10,12,18H,2-4,11H2,1H3. The molecule has 6 heteroatoms. The zero-order chi connectivity index (χ0) is 17.2. The summed E-state index contributed by atoms with van der Waals surface area (Å²) in [5.74, 6) is 0.433. The summed E-state index contributed by atoms with van der Waals surface area (Å²) in [7, 11) is 0. The summed E-state index contributed by atoms with van der Waals surface area (Å²) in [4.78, 5) is 8.69. The summed E-state index contributed by atoms with van der Waals surface area (Å²) in [6.45, 7) is 2.61. The van der Waals surface area contributed by atoms with Crippen molar-refractivity contribution in [3.8, 4) is 22.5 Å². The van der Waals surface area contributed by atoms with Crippen LogP contribution in [0.3, 0.4) is 0 Å². The Balaban J connectivity index is 1.82. The molecule has 1 atom stereocenters. The Morgan fingerprint density at radius 1 is 1.16 bits per heavy atom. The van der Waals surface area contributed by atoms with Crippen molar-refractivity contribution in [2.24, 2.45) is 0 Å². The van der Waals surface area contributed by atoms with Gasteiger partial charge in [-0.15, -0.1) is 0 Å². The number of ether oxygens (including phenoxy) is 1. The molecule has 1 aliphatic heterocycles. The van der Waals surface area contributed by atoms with E-state index in [1.807, 2.05) is 23.9 Å². The van der Waals surface area contributed by atoms with Crippen LogP contribution in [0.1, 0.15) is 31.3 Å². The second-order valence-corrected chi connectivity index (χ2v) is 6.19. The molecule has 0 saturated carbocycles. The maximum absolute atomic E-state index is 13.3. The minimum atomic E-state index is -0.266. The van der Waals surface area contributed by atoms with E-state index in [2.05, 4.69) is 9.97 Å². The normalized spacial score (nSPS) is 17.6. The summed E-state index contributed by atoms with van der Waals surface area (Å²) in [6.07, 6.45) is 6.78. The van der Waals surface area contributed by atoms with E-state index in [9.17, 15) is 4.39 Å². The van der Waals surface area contributed by atoms with Crippen LogP contribution in [0.4, 0.5) is 4.39 Å². The Labute approximate surface area is 145 Å². The summed E-state index contributed by atoms with van der Waals surface area (Å²) >= 11 is 0. The number of nitrogens with zero attached hydrogens (tertiary/aromatic N) is 4. The van der Waals surface area contributed by atoms with Crippen LogP contribution in [0.25, 0.3) is 22.5 Å². The van der Waals surface area contributed by atoms with Crippen molar-refractivity contribution in [1.82, 2.24) is 19.7 Å². The molecule has 25 heavy (non-hydrogen) atoms. The van der Waals surface area contributed by atoms with Gasteiger partial charge in [0.25, 0.3) is 0 Å². The third-order valence-corrected chi connectivity index (χ3v) is 4.35. The molecule has 0 radical (unpaired) electrons. The molecule has 0 amide bonds. The van der Waals surface area contributed by atoms with Crippen LogP contribution < -0.4 is 0 Å². The van der Waals surface area contributed by atoms with Crippen LogP contribution in [-0.4, -0.2) is 26.4 Å². The number of benzene rings is 1. The van der Waals surface area contributed by atoms with Gasteiger partial charge in [0.2, 0.25) is 0 Å². The molecular formula is C19H19FN4O. The molecular weight excluding hydrogens is 319 g/mol. The molecule has 2 aromatic heterocycles. The van der Waals surface area contributed by atoms with E-state index in [4.69, 9.17) is 9.84 Å². The fourth-order valence-corrected chi connectivity index (χ4v) is 3.09. The molecule has 0 aliphatic carbocycles. The molecule has 3 heterocycles. The second-order valence-electron chi connectivity index (χ2n) is 6.19. The smallest absolute Gasteiger partial charge is 0.150 e. The molecule has 1 saturated heterocycles. The number of aryl methyl sites for hydroxylation is 1. The van der Waals surface area contributed by atoms with Gasteiger partial charge in [0.05, 0.1) is 5.69 Å². The highest BCUT2D eigenvalue weighted by molar-refractivity contribution is 5.78. The maximum Gasteiger partial charge on any atom is 0.150 e. The third kappa shape index (κ3) is 3.30. The van der Waals surface area contributed by atoms with Gasteiger partial charge in [-0.3, -0.25) is 0 Å². The molecule has 3 aromatic rings. The molecule has 1 fully saturated rings. The number of rotatable bonds is 3. The Hall–Kier alpha value is -2.60. The largest absolute Gasteiger partial charge is 0.357 e. The highest BCUT2D eigenvalue weighted by Gasteiger charge is 2.21. The van der Waals surface area contributed by atoms with E-state index < -0.39 is 0 Å². The zero-order valence-corrected chi connectivity index (χ0v) is 14.0. The molecule has 1 unspecified atom stereocenters. The van der Waals surface area contributed by atoms with Crippen molar-refractivity contribution in [2.75, 3.05) is 6.61 Å². The molecule has 5 nitrogen and oxygen atoms in total. The minimum Gasteiger partial charge on any atom is -0.357 e. The summed E-state index contributed by atoms with van der Waals surface area (Å²) < 4.78 is 21.0. The lowest BCUT2D eigenvalue weighted by Gasteiger charge is -2.22. The van der Waals surface area contributed by atoms with Crippen molar-refractivity contribution in [1.29, 1.82) is 0 Å². The molecule has 4 rings (SSSR count). The third-order valence-electron chi connectivity index (χ3n) is 4.35. The Kier molecular flexibility index (Phi) is 4.28. The van der Waals surface area contributed by atoms with Gasteiger partial charge < -0.3 is 4.74 Å². The van der Waals surface area contributed by atoms with Gasteiger partial charge in [-0.2, -0.15) is 5.10 Å². The van der Waals surface area contributed by atoms with Gasteiger partial charge in [-0.1, -0.05) is 0 Å². The summed E-state index contributed by atoms with van der Waals surface area (Å²) in [5, 5.41) is 4.75. The molecule has 1 aromatic carbocycles. The van der Waals surface area contributed by atoms with Crippen molar-refractivity contribution < 1.29 is 9.13 Å². The molecule has 0 spiro atoms. The van der Waals surface area contributed by atoms with Crippen molar-refractivity contribution in [3.05, 3.63) is 54.4 Å². The van der Waals surface area contributed by atoms with E-state index in [1.54, 1.807) is 18.3 Å². The van der Waals surface area contributed by atoms with E-state index in [0.717, 1.165) is 48.4 Å². The van der Waals surface area contributed by atoms with Gasteiger partial charge in [0.15, 0.2) is 0 Å². The number of hydrogen-bond acceptors (Lipinski definition) is 4. The topological polar surface area (TPSA) is 52.8 Å². The predicted molar refractivity (Wildman–Crippen MR) is 92.2 cm³/mol. The minimum absolute atomic E-state index is 0.0652. The first-order valence-corrected chi connectivity index (χ1v) is 8.47. The predicted octanol–water partition coefficient (Wildman–Crippen LogP) is 4.15. The molecule has 0 bridgehead atoms. The first-order valence-electron chi connectivity index (χ1n) is 8.47. The van der Waals surface area contributed by atoms with Crippen LogP contribution in [0.2, 0.25) is 0 Å². The van der Waals surface area contributed by atoms with Gasteiger partial charge in [-0.25, -0.2) is 19.0 Å². The quantitative estimate of drug-likeness (QED) is 0.720. The van der Waals surface area contributed by atoms with E-state index in [0.29, 0.717) is 5.82 Å². The average molecular weight is 338 g/mol. The Morgan fingerprint density at radius 2 is 2.00 bits per heavy atom. The molecule has 0 N–H and O–H groups in total. The van der Waals surface area contributed by atoms with Crippen molar-refractivity contribution in [3.63, 3.8) is 0 Å². The van der Waals surface area contributed by atoms with Crippen LogP contribution in [0.15, 0.2) is 42.7 Å². The highest BCUT2D eigenvalue weighted by atomic mass is 19.1. The van der Waals surface area contributed by atoms with Crippen LogP contribution >= 0.6 is 0 Å². The van der Waals surface area contributed by atoms with E-state index >= 15 is 0 Å². The van der Waals surface area contributed by atoms with Gasteiger partial charge >= 0.3 is 0 Å². The molecule has 1 aliphatic rings. The second kappa shape index (κ2) is 6.72. The van der Waals surface area contributed by atoms with Crippen molar-refractivity contribution >= 4 is 0 Å². The fourth-order valence-electron chi connectivity index (χ4n) is 3.09. The number of aromatic nitrogens is 4. The monoisotopic (exact) mass is 338 g/mol. The lowest BCUT2D eigenvalue weighted by molar-refractivity contribution is -0.0393.